The molecule has 1 aromatic rings. The topological polar surface area (TPSA) is 64.6 Å². The average Bonchev–Trinajstić information content (AvgIpc) is 2.34. The number of amides is 1. The van der Waals surface area contributed by atoms with Gasteiger partial charge < -0.3 is 14.8 Å². The Labute approximate surface area is 104 Å². The van der Waals surface area contributed by atoms with Crippen molar-refractivity contribution in [2.45, 2.75) is 0 Å². The summed E-state index contributed by atoms with van der Waals surface area (Å²) < 4.78 is 10.1. The Bertz CT molecular complexity index is 433. The van der Waals surface area contributed by atoms with Crippen LogP contribution in [-0.4, -0.2) is 31.9 Å². The fourth-order valence-corrected chi connectivity index (χ4v) is 1.30. The Morgan fingerprint density at radius 1 is 1.24 bits per heavy atom. The minimum absolute atomic E-state index is 0.214. The zero-order valence-corrected chi connectivity index (χ0v) is 10.2. The molecule has 1 aromatic carbocycles. The molecule has 0 aromatic heterocycles. The van der Waals surface area contributed by atoms with Crippen molar-refractivity contribution in [3.63, 3.8) is 0 Å². The fourth-order valence-electron chi connectivity index (χ4n) is 1.23. The van der Waals surface area contributed by atoms with Gasteiger partial charge in [-0.25, -0.2) is 0 Å². The van der Waals surface area contributed by atoms with E-state index in [0.717, 1.165) is 0 Å². The summed E-state index contributed by atoms with van der Waals surface area (Å²) in [5.74, 6) is 0.565. The number of methoxy groups -OCH3 is 2. The summed E-state index contributed by atoms with van der Waals surface area (Å²) in [6, 6.07) is 4.69. The van der Waals surface area contributed by atoms with Gasteiger partial charge in [-0.05, 0) is 29.8 Å². The van der Waals surface area contributed by atoms with Crippen molar-refractivity contribution in [1.82, 2.24) is 5.32 Å². The smallest absolute Gasteiger partial charge is 0.251 e. The first kappa shape index (κ1) is 13.3. The van der Waals surface area contributed by atoms with Gasteiger partial charge in [-0.1, -0.05) is 0 Å². The van der Waals surface area contributed by atoms with E-state index in [1.54, 1.807) is 12.1 Å². The van der Waals surface area contributed by atoms with Gasteiger partial charge in [0, 0.05) is 5.56 Å². The van der Waals surface area contributed by atoms with Gasteiger partial charge >= 0.3 is 0 Å². The zero-order chi connectivity index (χ0) is 12.8. The molecule has 1 amide bonds. The van der Waals surface area contributed by atoms with Crippen LogP contribution in [0.1, 0.15) is 10.4 Å². The van der Waals surface area contributed by atoms with Crippen molar-refractivity contribution in [2.75, 3.05) is 20.8 Å². The molecule has 17 heavy (non-hydrogen) atoms. The molecule has 0 aliphatic rings. The number of hydrogen-bond donors (Lipinski definition) is 1. The molecule has 92 valence electrons. The first-order valence-corrected chi connectivity index (χ1v) is 5.15. The molecule has 0 atom stereocenters. The monoisotopic (exact) mass is 257 g/mol. The molecule has 0 saturated carbocycles. The van der Waals surface area contributed by atoms with Crippen LogP contribution in [0.25, 0.3) is 0 Å². The Balaban J connectivity index is 2.84. The SMILES string of the molecule is COc1ccc(C(=O)NCC(=O)Cl)cc1OC. The number of benzene rings is 1. The van der Waals surface area contributed by atoms with Gasteiger partial charge in [-0.3, -0.25) is 9.59 Å². The standard InChI is InChI=1S/C11H12ClNO4/c1-16-8-4-3-7(5-9(8)17-2)11(15)13-6-10(12)14/h3-5H,6H2,1-2H3,(H,13,15). The highest BCUT2D eigenvalue weighted by Gasteiger charge is 2.10. The number of rotatable bonds is 5. The molecule has 0 fully saturated rings. The number of carbonyl (C=O) groups excluding carboxylic acids is 2. The van der Waals surface area contributed by atoms with E-state index < -0.39 is 11.1 Å². The summed E-state index contributed by atoms with van der Waals surface area (Å²) in [5, 5.41) is 1.74. The van der Waals surface area contributed by atoms with Crippen LogP contribution in [0, 0.1) is 0 Å². The van der Waals surface area contributed by atoms with Crippen LogP contribution in [0.3, 0.4) is 0 Å². The third kappa shape index (κ3) is 3.64. The van der Waals surface area contributed by atoms with Crippen LogP contribution in [0.5, 0.6) is 11.5 Å². The van der Waals surface area contributed by atoms with Crippen LogP contribution >= 0.6 is 11.6 Å². The molecule has 0 spiro atoms. The summed E-state index contributed by atoms with van der Waals surface area (Å²) in [5.41, 5.74) is 0.362. The molecule has 0 saturated heterocycles. The second-order valence-corrected chi connectivity index (χ2v) is 3.53. The van der Waals surface area contributed by atoms with Crippen molar-refractivity contribution in [3.05, 3.63) is 23.8 Å². The molecule has 5 nitrogen and oxygen atoms in total. The van der Waals surface area contributed by atoms with Crippen LogP contribution < -0.4 is 14.8 Å². The van der Waals surface area contributed by atoms with E-state index in [1.807, 2.05) is 0 Å². The van der Waals surface area contributed by atoms with Crippen molar-refractivity contribution < 1.29 is 19.1 Å². The lowest BCUT2D eigenvalue weighted by molar-refractivity contribution is -0.110. The van der Waals surface area contributed by atoms with E-state index in [-0.39, 0.29) is 6.54 Å². The molecule has 1 rings (SSSR count). The van der Waals surface area contributed by atoms with Crippen molar-refractivity contribution in [3.8, 4) is 11.5 Å². The van der Waals surface area contributed by atoms with Crippen molar-refractivity contribution in [2.24, 2.45) is 0 Å². The van der Waals surface area contributed by atoms with Crippen LogP contribution in [0.4, 0.5) is 0 Å². The van der Waals surface area contributed by atoms with Crippen molar-refractivity contribution >= 4 is 22.8 Å². The molecule has 0 radical (unpaired) electrons. The van der Waals surface area contributed by atoms with Gasteiger partial charge in [0.1, 0.15) is 0 Å². The number of halogens is 1. The van der Waals surface area contributed by atoms with E-state index in [0.29, 0.717) is 17.1 Å². The Hall–Kier alpha value is -1.75. The number of nitrogens with one attached hydrogen (secondary N) is 1. The Morgan fingerprint density at radius 3 is 2.41 bits per heavy atom. The number of carbonyl (C=O) groups is 2. The zero-order valence-electron chi connectivity index (χ0n) is 9.45. The minimum Gasteiger partial charge on any atom is -0.493 e. The van der Waals surface area contributed by atoms with E-state index in [4.69, 9.17) is 21.1 Å². The second kappa shape index (κ2) is 6.10. The highest BCUT2D eigenvalue weighted by molar-refractivity contribution is 6.64. The summed E-state index contributed by atoms with van der Waals surface area (Å²) >= 11 is 5.12. The van der Waals surface area contributed by atoms with E-state index >= 15 is 0 Å². The molecular formula is C11H12ClNO4. The van der Waals surface area contributed by atoms with Gasteiger partial charge in [-0.2, -0.15) is 0 Å². The summed E-state index contributed by atoms with van der Waals surface area (Å²) in [7, 11) is 2.98. The summed E-state index contributed by atoms with van der Waals surface area (Å²) in [6.07, 6.45) is 0. The molecular weight excluding hydrogens is 246 g/mol. The molecule has 0 aliphatic heterocycles. The highest BCUT2D eigenvalue weighted by atomic mass is 35.5. The maximum atomic E-state index is 11.6. The molecule has 0 unspecified atom stereocenters. The normalized spacial score (nSPS) is 9.59. The Kier molecular flexibility index (Phi) is 4.78. The van der Waals surface area contributed by atoms with Crippen LogP contribution in [-0.2, 0) is 4.79 Å². The lowest BCUT2D eigenvalue weighted by Crippen LogP contribution is -2.27. The quantitative estimate of drug-likeness (QED) is 0.805. The molecule has 1 N–H and O–H groups in total. The lowest BCUT2D eigenvalue weighted by atomic mass is 10.2. The number of hydrogen-bond acceptors (Lipinski definition) is 4. The van der Waals surface area contributed by atoms with E-state index in [2.05, 4.69) is 5.32 Å². The van der Waals surface area contributed by atoms with Crippen molar-refractivity contribution in [1.29, 1.82) is 0 Å². The summed E-state index contributed by atoms with van der Waals surface area (Å²) in [6.45, 7) is -0.214. The largest absolute Gasteiger partial charge is 0.493 e. The highest BCUT2D eigenvalue weighted by Crippen LogP contribution is 2.27. The maximum Gasteiger partial charge on any atom is 0.251 e. The van der Waals surface area contributed by atoms with E-state index in [9.17, 15) is 9.59 Å². The molecule has 0 bridgehead atoms. The van der Waals surface area contributed by atoms with E-state index in [1.165, 1.54) is 20.3 Å². The van der Waals surface area contributed by atoms with Gasteiger partial charge in [-0.15, -0.1) is 0 Å². The lowest BCUT2D eigenvalue weighted by Gasteiger charge is -2.09. The average molecular weight is 258 g/mol. The first-order valence-electron chi connectivity index (χ1n) is 4.77. The summed E-state index contributed by atoms with van der Waals surface area (Å²) in [4.78, 5) is 22.1. The van der Waals surface area contributed by atoms with Crippen LogP contribution in [0.2, 0.25) is 0 Å². The number of ether oxygens (including phenoxy) is 2. The fraction of sp³-hybridized carbons (Fsp3) is 0.273. The molecule has 0 aliphatic carbocycles. The minimum atomic E-state index is -0.626. The second-order valence-electron chi connectivity index (χ2n) is 3.11. The Morgan fingerprint density at radius 2 is 1.88 bits per heavy atom. The maximum absolute atomic E-state index is 11.6. The third-order valence-electron chi connectivity index (χ3n) is 2.03. The predicted octanol–water partition coefficient (Wildman–Crippen LogP) is 1.20. The molecule has 6 heteroatoms. The third-order valence-corrected chi connectivity index (χ3v) is 2.17. The molecule has 0 heterocycles. The first-order chi connectivity index (χ1) is 8.08. The van der Waals surface area contributed by atoms with Gasteiger partial charge in [0.05, 0.1) is 20.8 Å². The van der Waals surface area contributed by atoms with Crippen LogP contribution in [0.15, 0.2) is 18.2 Å². The van der Waals surface area contributed by atoms with Gasteiger partial charge in [0.15, 0.2) is 11.5 Å². The van der Waals surface area contributed by atoms with Gasteiger partial charge in [0.2, 0.25) is 5.24 Å². The predicted molar refractivity (Wildman–Crippen MR) is 62.7 cm³/mol. The van der Waals surface area contributed by atoms with Gasteiger partial charge in [0.25, 0.3) is 5.91 Å².